The fourth-order valence-electron chi connectivity index (χ4n) is 3.79. The SMILES string of the molecule is CCCCc1nc2ccc(Br)cc2c(=O)n1N=Cc1cc(Br)c(OCc2ccc(Br)cc2Br)c(OCC)c1. The van der Waals surface area contributed by atoms with Crippen molar-refractivity contribution in [2.45, 2.75) is 39.7 Å². The van der Waals surface area contributed by atoms with Crippen molar-refractivity contribution < 1.29 is 9.47 Å². The maximum Gasteiger partial charge on any atom is 0.282 e. The Morgan fingerprint density at radius 3 is 2.45 bits per heavy atom. The predicted octanol–water partition coefficient (Wildman–Crippen LogP) is 8.65. The molecule has 0 saturated heterocycles. The first kappa shape index (κ1) is 29.0. The molecular formula is C28H25Br4N3O3. The van der Waals surface area contributed by atoms with E-state index in [9.17, 15) is 4.79 Å². The van der Waals surface area contributed by atoms with E-state index in [0.29, 0.717) is 47.9 Å². The molecular weight excluding hydrogens is 746 g/mol. The van der Waals surface area contributed by atoms with Crippen molar-refractivity contribution in [2.24, 2.45) is 5.10 Å². The van der Waals surface area contributed by atoms with Crippen LogP contribution in [0.3, 0.4) is 0 Å². The summed E-state index contributed by atoms with van der Waals surface area (Å²) in [6.07, 6.45) is 4.19. The van der Waals surface area contributed by atoms with Gasteiger partial charge in [0.15, 0.2) is 11.5 Å². The molecule has 0 aliphatic carbocycles. The van der Waals surface area contributed by atoms with Gasteiger partial charge >= 0.3 is 0 Å². The summed E-state index contributed by atoms with van der Waals surface area (Å²) in [6.45, 7) is 4.85. The van der Waals surface area contributed by atoms with E-state index in [1.165, 1.54) is 4.68 Å². The molecule has 0 N–H and O–H groups in total. The number of nitrogens with zero attached hydrogens (tertiary/aromatic N) is 3. The zero-order chi connectivity index (χ0) is 27.2. The lowest BCUT2D eigenvalue weighted by Crippen LogP contribution is -2.22. The number of aromatic nitrogens is 2. The number of aryl methyl sites for hydroxylation is 1. The number of hydrogen-bond donors (Lipinski definition) is 0. The van der Waals surface area contributed by atoms with Crippen molar-refractivity contribution in [2.75, 3.05) is 6.61 Å². The van der Waals surface area contributed by atoms with Gasteiger partial charge in [0.2, 0.25) is 0 Å². The second-order valence-electron chi connectivity index (χ2n) is 8.44. The van der Waals surface area contributed by atoms with Crippen molar-refractivity contribution in [3.8, 4) is 11.5 Å². The first-order valence-corrected chi connectivity index (χ1v) is 15.3. The zero-order valence-corrected chi connectivity index (χ0v) is 27.2. The average Bonchev–Trinajstić information content (AvgIpc) is 2.88. The zero-order valence-electron chi connectivity index (χ0n) is 20.8. The molecule has 0 unspecified atom stereocenters. The fraction of sp³-hybridized carbons (Fsp3) is 0.250. The Kier molecular flexibility index (Phi) is 10.2. The highest BCUT2D eigenvalue weighted by Gasteiger charge is 2.14. The largest absolute Gasteiger partial charge is 0.490 e. The normalized spacial score (nSPS) is 11.4. The number of hydrogen-bond acceptors (Lipinski definition) is 5. The van der Waals surface area contributed by atoms with E-state index < -0.39 is 0 Å². The lowest BCUT2D eigenvalue weighted by atomic mass is 10.2. The Bertz CT molecular complexity index is 1550. The Balaban J connectivity index is 1.69. The van der Waals surface area contributed by atoms with Gasteiger partial charge in [-0.25, -0.2) is 4.98 Å². The third kappa shape index (κ3) is 6.94. The van der Waals surface area contributed by atoms with Crippen molar-refractivity contribution >= 4 is 80.8 Å². The maximum absolute atomic E-state index is 13.4. The Morgan fingerprint density at radius 1 is 0.947 bits per heavy atom. The molecule has 10 heteroatoms. The summed E-state index contributed by atoms with van der Waals surface area (Å²) in [5.41, 5.74) is 2.21. The molecule has 0 fully saturated rings. The van der Waals surface area contributed by atoms with Crippen LogP contribution in [0.15, 0.2) is 76.3 Å². The monoisotopic (exact) mass is 767 g/mol. The molecule has 0 bridgehead atoms. The van der Waals surface area contributed by atoms with Crippen LogP contribution in [0.5, 0.6) is 11.5 Å². The van der Waals surface area contributed by atoms with Crippen LogP contribution >= 0.6 is 63.7 Å². The average molecular weight is 771 g/mol. The quantitative estimate of drug-likeness (QED) is 0.152. The summed E-state index contributed by atoms with van der Waals surface area (Å²) < 4.78 is 16.9. The summed E-state index contributed by atoms with van der Waals surface area (Å²) in [6, 6.07) is 15.2. The molecule has 0 amide bonds. The van der Waals surface area contributed by atoms with Gasteiger partial charge < -0.3 is 9.47 Å². The molecule has 6 nitrogen and oxygen atoms in total. The first-order valence-electron chi connectivity index (χ1n) is 12.1. The molecule has 0 atom stereocenters. The second-order valence-corrected chi connectivity index (χ2v) is 12.0. The molecule has 0 aliphatic rings. The van der Waals surface area contributed by atoms with Gasteiger partial charge in [-0.2, -0.15) is 9.78 Å². The lowest BCUT2D eigenvalue weighted by molar-refractivity contribution is 0.267. The Morgan fingerprint density at radius 2 is 1.71 bits per heavy atom. The minimum atomic E-state index is -0.206. The van der Waals surface area contributed by atoms with Crippen LogP contribution in [0, 0.1) is 0 Å². The second kappa shape index (κ2) is 13.4. The molecule has 1 heterocycles. The summed E-state index contributed by atoms with van der Waals surface area (Å²) in [5.74, 6) is 1.81. The van der Waals surface area contributed by atoms with Crippen molar-refractivity contribution in [3.05, 3.63) is 93.7 Å². The predicted molar refractivity (Wildman–Crippen MR) is 167 cm³/mol. The molecule has 0 aliphatic heterocycles. The standard InChI is InChI=1S/C28H25Br4N3O3/c1-3-5-6-26-34-24-10-9-19(29)13-21(24)28(36)35(26)33-15-17-11-23(32)27(25(12-17)37-4-2)38-16-18-7-8-20(30)14-22(18)31/h7-15H,3-6,16H2,1-2H3. The number of fused-ring (bicyclic) bond motifs is 1. The van der Waals surface area contributed by atoms with Gasteiger partial charge in [0.25, 0.3) is 5.56 Å². The molecule has 1 aromatic heterocycles. The summed E-state index contributed by atoms with van der Waals surface area (Å²) >= 11 is 14.1. The van der Waals surface area contributed by atoms with E-state index in [4.69, 9.17) is 14.5 Å². The maximum atomic E-state index is 13.4. The van der Waals surface area contributed by atoms with Gasteiger partial charge in [0, 0.05) is 25.4 Å². The van der Waals surface area contributed by atoms with Crippen molar-refractivity contribution in [1.29, 1.82) is 0 Å². The van der Waals surface area contributed by atoms with Crippen LogP contribution in [-0.4, -0.2) is 22.5 Å². The number of benzene rings is 3. The van der Waals surface area contributed by atoms with E-state index in [1.807, 2.05) is 49.4 Å². The van der Waals surface area contributed by atoms with Crippen molar-refractivity contribution in [3.63, 3.8) is 0 Å². The molecule has 4 aromatic rings. The van der Waals surface area contributed by atoms with E-state index in [-0.39, 0.29) is 5.56 Å². The summed E-state index contributed by atoms with van der Waals surface area (Å²) in [4.78, 5) is 18.1. The molecule has 4 rings (SSSR count). The van der Waals surface area contributed by atoms with Gasteiger partial charge in [-0.05, 0) is 77.3 Å². The topological polar surface area (TPSA) is 65.7 Å². The molecule has 0 radical (unpaired) electrons. The third-order valence-corrected chi connectivity index (χ3v) is 7.98. The highest BCUT2D eigenvalue weighted by atomic mass is 79.9. The number of rotatable bonds is 10. The van der Waals surface area contributed by atoms with E-state index in [1.54, 1.807) is 12.3 Å². The van der Waals surface area contributed by atoms with Gasteiger partial charge in [-0.3, -0.25) is 4.79 Å². The van der Waals surface area contributed by atoms with E-state index in [2.05, 4.69) is 75.7 Å². The smallest absolute Gasteiger partial charge is 0.282 e. The van der Waals surface area contributed by atoms with Crippen LogP contribution < -0.4 is 15.0 Å². The summed E-state index contributed by atoms with van der Waals surface area (Å²) in [5, 5.41) is 5.08. The minimum Gasteiger partial charge on any atom is -0.490 e. The molecule has 38 heavy (non-hydrogen) atoms. The fourth-order valence-corrected chi connectivity index (χ4v) is 5.89. The van der Waals surface area contributed by atoms with E-state index in [0.717, 1.165) is 41.9 Å². The van der Waals surface area contributed by atoms with Crippen LogP contribution in [0.2, 0.25) is 0 Å². The van der Waals surface area contributed by atoms with Crippen LogP contribution in [0.25, 0.3) is 10.9 Å². The molecule has 198 valence electrons. The van der Waals surface area contributed by atoms with Gasteiger partial charge in [-0.1, -0.05) is 67.2 Å². The van der Waals surface area contributed by atoms with Crippen LogP contribution in [0.4, 0.5) is 0 Å². The minimum absolute atomic E-state index is 0.206. The van der Waals surface area contributed by atoms with Crippen LogP contribution in [-0.2, 0) is 13.0 Å². The molecule has 0 saturated carbocycles. The number of unbranched alkanes of at least 4 members (excludes halogenated alkanes) is 1. The Hall–Kier alpha value is -2.01. The molecule has 3 aromatic carbocycles. The van der Waals surface area contributed by atoms with E-state index >= 15 is 0 Å². The van der Waals surface area contributed by atoms with Gasteiger partial charge in [0.1, 0.15) is 12.4 Å². The Labute approximate surface area is 255 Å². The molecule has 0 spiro atoms. The number of halogens is 4. The number of ether oxygens (including phenoxy) is 2. The van der Waals surface area contributed by atoms with Gasteiger partial charge in [0.05, 0.1) is 28.2 Å². The summed E-state index contributed by atoms with van der Waals surface area (Å²) in [7, 11) is 0. The highest BCUT2D eigenvalue weighted by molar-refractivity contribution is 9.11. The lowest BCUT2D eigenvalue weighted by Gasteiger charge is -2.15. The van der Waals surface area contributed by atoms with Crippen LogP contribution in [0.1, 0.15) is 43.6 Å². The third-order valence-electron chi connectivity index (χ3n) is 5.67. The highest BCUT2D eigenvalue weighted by Crippen LogP contribution is 2.37. The first-order chi connectivity index (χ1) is 18.3. The van der Waals surface area contributed by atoms with Gasteiger partial charge in [-0.15, -0.1) is 0 Å². The van der Waals surface area contributed by atoms with Crippen molar-refractivity contribution in [1.82, 2.24) is 9.66 Å².